The molecule has 0 aromatic heterocycles. The molecular weight excluding hydrogens is 376 g/mol. The molecule has 31 heavy (non-hydrogen) atoms. The minimum Gasteiger partial charge on any atom is -0.397 e. The first kappa shape index (κ1) is 20.7. The van der Waals surface area contributed by atoms with Crippen molar-refractivity contribution >= 4 is 11.4 Å². The second kappa shape index (κ2) is 8.69. The van der Waals surface area contributed by atoms with Crippen LogP contribution in [0.25, 0.3) is 22.3 Å². The monoisotopic (exact) mass is 406 g/mol. The van der Waals surface area contributed by atoms with E-state index in [1.54, 1.807) is 0 Å². The van der Waals surface area contributed by atoms with Crippen molar-refractivity contribution in [2.75, 3.05) is 11.5 Å². The molecule has 0 unspecified atom stereocenters. The summed E-state index contributed by atoms with van der Waals surface area (Å²) in [6.07, 6.45) is 1.93. The van der Waals surface area contributed by atoms with Crippen LogP contribution in [0.3, 0.4) is 0 Å². The molecule has 0 spiro atoms. The molecule has 4 rings (SSSR count). The second-order valence-corrected chi connectivity index (χ2v) is 8.06. The lowest BCUT2D eigenvalue weighted by atomic mass is 9.67. The van der Waals surface area contributed by atoms with Crippen molar-refractivity contribution in [2.45, 2.75) is 32.1 Å². The Morgan fingerprint density at radius 3 is 1.55 bits per heavy atom. The van der Waals surface area contributed by atoms with Crippen molar-refractivity contribution in [1.82, 2.24) is 0 Å². The smallest absolute Gasteiger partial charge is 0.0633 e. The van der Waals surface area contributed by atoms with E-state index in [0.717, 1.165) is 29.5 Å². The lowest BCUT2D eigenvalue weighted by Gasteiger charge is -2.36. The number of hydrogen-bond acceptors (Lipinski definition) is 2. The molecule has 0 bridgehead atoms. The Hall–Kier alpha value is -3.52. The van der Waals surface area contributed by atoms with Crippen LogP contribution < -0.4 is 11.5 Å². The molecule has 0 heterocycles. The fraction of sp³-hybridized carbons (Fsp3) is 0.172. The summed E-state index contributed by atoms with van der Waals surface area (Å²) in [5.41, 5.74) is 21.3. The zero-order chi connectivity index (χ0) is 21.8. The van der Waals surface area contributed by atoms with Crippen LogP contribution in [0.15, 0.2) is 97.1 Å². The number of benzene rings is 4. The number of rotatable bonds is 6. The number of nitrogens with two attached hydrogens (primary N) is 2. The summed E-state index contributed by atoms with van der Waals surface area (Å²) in [5.74, 6) is 0. The van der Waals surface area contributed by atoms with E-state index in [0.29, 0.717) is 11.4 Å². The van der Waals surface area contributed by atoms with Gasteiger partial charge in [0.05, 0.1) is 11.4 Å². The standard InChI is InChI=1S/C29H30N2/c1-3-29(4-2,23-18-12-7-13-19-23)24-20-25(30)28(31)27(22-16-10-6-11-17-22)26(24)21-14-8-5-9-15-21/h5-20H,3-4,30-31H2,1-2H3. The second-order valence-electron chi connectivity index (χ2n) is 8.06. The summed E-state index contributed by atoms with van der Waals surface area (Å²) in [7, 11) is 0. The summed E-state index contributed by atoms with van der Waals surface area (Å²) in [6.45, 7) is 4.53. The van der Waals surface area contributed by atoms with E-state index in [-0.39, 0.29) is 5.41 Å². The highest BCUT2D eigenvalue weighted by Crippen LogP contribution is 2.50. The van der Waals surface area contributed by atoms with Crippen LogP contribution in [0.2, 0.25) is 0 Å². The van der Waals surface area contributed by atoms with Crippen molar-refractivity contribution in [2.24, 2.45) is 0 Å². The van der Waals surface area contributed by atoms with E-state index in [1.807, 2.05) is 6.07 Å². The minimum atomic E-state index is -0.169. The van der Waals surface area contributed by atoms with Gasteiger partial charge >= 0.3 is 0 Å². The van der Waals surface area contributed by atoms with E-state index in [1.165, 1.54) is 16.7 Å². The maximum atomic E-state index is 6.66. The Kier molecular flexibility index (Phi) is 5.81. The molecule has 4 aromatic carbocycles. The highest BCUT2D eigenvalue weighted by molar-refractivity contribution is 5.98. The first-order valence-corrected chi connectivity index (χ1v) is 11.0. The van der Waals surface area contributed by atoms with E-state index in [4.69, 9.17) is 11.5 Å². The maximum Gasteiger partial charge on any atom is 0.0633 e. The average Bonchev–Trinajstić information content (AvgIpc) is 2.84. The topological polar surface area (TPSA) is 52.0 Å². The van der Waals surface area contributed by atoms with E-state index in [2.05, 4.69) is 105 Å². The van der Waals surface area contributed by atoms with Gasteiger partial charge in [-0.1, -0.05) is 105 Å². The first-order chi connectivity index (χ1) is 15.1. The lowest BCUT2D eigenvalue weighted by molar-refractivity contribution is 0.480. The third kappa shape index (κ3) is 3.59. The van der Waals surface area contributed by atoms with Crippen molar-refractivity contribution in [3.8, 4) is 22.3 Å². The molecule has 2 heteroatoms. The largest absolute Gasteiger partial charge is 0.397 e. The zero-order valence-electron chi connectivity index (χ0n) is 18.3. The van der Waals surface area contributed by atoms with E-state index in [9.17, 15) is 0 Å². The van der Waals surface area contributed by atoms with Gasteiger partial charge < -0.3 is 11.5 Å². The normalized spacial score (nSPS) is 11.4. The summed E-state index contributed by atoms with van der Waals surface area (Å²) < 4.78 is 0. The maximum absolute atomic E-state index is 6.66. The predicted molar refractivity (Wildman–Crippen MR) is 134 cm³/mol. The Morgan fingerprint density at radius 2 is 1.06 bits per heavy atom. The quantitative estimate of drug-likeness (QED) is 0.330. The minimum absolute atomic E-state index is 0.169. The SMILES string of the molecule is CCC(CC)(c1ccccc1)c1cc(N)c(N)c(-c2ccccc2)c1-c1ccccc1. The van der Waals surface area contributed by atoms with Crippen LogP contribution >= 0.6 is 0 Å². The van der Waals surface area contributed by atoms with Crippen LogP contribution in [0.5, 0.6) is 0 Å². The van der Waals surface area contributed by atoms with Gasteiger partial charge in [-0.2, -0.15) is 0 Å². The van der Waals surface area contributed by atoms with Gasteiger partial charge in [-0.05, 0) is 46.7 Å². The first-order valence-electron chi connectivity index (χ1n) is 11.0. The molecule has 0 aliphatic heterocycles. The van der Waals surface area contributed by atoms with Crippen LogP contribution in [0, 0.1) is 0 Å². The van der Waals surface area contributed by atoms with Crippen LogP contribution in [0.4, 0.5) is 11.4 Å². The molecule has 156 valence electrons. The fourth-order valence-electron chi connectivity index (χ4n) is 4.86. The summed E-state index contributed by atoms with van der Waals surface area (Å²) in [5, 5.41) is 0. The molecular formula is C29H30N2. The number of anilines is 2. The van der Waals surface area contributed by atoms with Gasteiger partial charge in [-0.25, -0.2) is 0 Å². The fourth-order valence-corrected chi connectivity index (χ4v) is 4.86. The van der Waals surface area contributed by atoms with Crippen LogP contribution in [-0.4, -0.2) is 0 Å². The summed E-state index contributed by atoms with van der Waals surface area (Å²) in [6, 6.07) is 33.8. The molecule has 0 radical (unpaired) electrons. The number of nitrogen functional groups attached to an aromatic ring is 2. The van der Waals surface area contributed by atoms with Gasteiger partial charge in [0.2, 0.25) is 0 Å². The third-order valence-electron chi connectivity index (χ3n) is 6.57. The van der Waals surface area contributed by atoms with Crippen molar-refractivity contribution < 1.29 is 0 Å². The van der Waals surface area contributed by atoms with Gasteiger partial charge in [0.15, 0.2) is 0 Å². The molecule has 0 aliphatic rings. The van der Waals surface area contributed by atoms with E-state index >= 15 is 0 Å². The van der Waals surface area contributed by atoms with Crippen LogP contribution in [0.1, 0.15) is 37.8 Å². The highest BCUT2D eigenvalue weighted by Gasteiger charge is 2.35. The van der Waals surface area contributed by atoms with Gasteiger partial charge in [0, 0.05) is 11.0 Å². The zero-order valence-corrected chi connectivity index (χ0v) is 18.3. The average molecular weight is 407 g/mol. The molecule has 4 aromatic rings. The lowest BCUT2D eigenvalue weighted by Crippen LogP contribution is -2.27. The Morgan fingerprint density at radius 1 is 0.613 bits per heavy atom. The van der Waals surface area contributed by atoms with Crippen LogP contribution in [-0.2, 0) is 5.41 Å². The molecule has 0 aliphatic carbocycles. The molecule has 0 saturated heterocycles. The number of hydrogen-bond donors (Lipinski definition) is 2. The van der Waals surface area contributed by atoms with Gasteiger partial charge in [0.1, 0.15) is 0 Å². The summed E-state index contributed by atoms with van der Waals surface area (Å²) in [4.78, 5) is 0. The molecule has 0 amide bonds. The molecule has 0 saturated carbocycles. The molecule has 0 atom stereocenters. The van der Waals surface area contributed by atoms with Crippen molar-refractivity contribution in [3.63, 3.8) is 0 Å². The third-order valence-corrected chi connectivity index (χ3v) is 6.57. The molecule has 4 N–H and O–H groups in total. The Labute approximate surface area is 185 Å². The van der Waals surface area contributed by atoms with E-state index < -0.39 is 0 Å². The summed E-state index contributed by atoms with van der Waals surface area (Å²) >= 11 is 0. The van der Waals surface area contributed by atoms with Gasteiger partial charge in [-0.15, -0.1) is 0 Å². The Balaban J connectivity index is 2.16. The predicted octanol–water partition coefficient (Wildman–Crippen LogP) is 7.29. The van der Waals surface area contributed by atoms with Crippen molar-refractivity contribution in [1.29, 1.82) is 0 Å². The molecule has 0 fully saturated rings. The molecule has 2 nitrogen and oxygen atoms in total. The van der Waals surface area contributed by atoms with Crippen molar-refractivity contribution in [3.05, 3.63) is 108 Å². The van der Waals surface area contributed by atoms with Gasteiger partial charge in [0.25, 0.3) is 0 Å². The van der Waals surface area contributed by atoms with Gasteiger partial charge in [-0.3, -0.25) is 0 Å². The Bertz CT molecular complexity index is 1150. The highest BCUT2D eigenvalue weighted by atomic mass is 14.7.